The van der Waals surface area contributed by atoms with Gasteiger partial charge in [-0.1, -0.05) is 60.1 Å². The standard InChI is InChI=1S/C48H78O18/c1-43(2)14-16-48(42(60)66-41-38(35(57)32(54)26(21-51)63-41)65-40-37(59)34(56)31(53)25(20-50)62-40)17-15-46(6)22(23(48)18-43)8-9-28-45(5)12-11-29(44(3,4)27(45)10-13-47(28,46)7)64-39-36(58)33(55)30(52)24(19-49)61-39/h8,23-41,49-59H,9-21H2,1-7H3/t23?,24?,25?,26?,27?,28?,29?,30-,31+,32-,33?,34?,35?,36+,37+,38+,39+,40+,41+,45?,46?,47?,48?/m1/s1. The predicted octanol–water partition coefficient (Wildman–Crippen LogP) is 0.141. The summed E-state index contributed by atoms with van der Waals surface area (Å²) < 4.78 is 36.0. The lowest BCUT2D eigenvalue weighted by Gasteiger charge is -2.71. The molecule has 0 aromatic heterocycles. The van der Waals surface area contributed by atoms with Crippen LogP contribution in [0.4, 0.5) is 0 Å². The van der Waals surface area contributed by atoms with Gasteiger partial charge in [0.15, 0.2) is 18.7 Å². The number of fused-ring (bicyclic) bond motifs is 7. The van der Waals surface area contributed by atoms with Crippen molar-refractivity contribution in [3.63, 3.8) is 0 Å². The molecule has 8 rings (SSSR count). The van der Waals surface area contributed by atoms with Crippen LogP contribution in [0.5, 0.6) is 0 Å². The van der Waals surface area contributed by atoms with Gasteiger partial charge in [0.1, 0.15) is 67.1 Å². The molecule has 18 nitrogen and oxygen atoms in total. The van der Waals surface area contributed by atoms with E-state index in [0.717, 1.165) is 32.1 Å². The van der Waals surface area contributed by atoms with E-state index >= 15 is 4.79 Å². The fourth-order valence-electron chi connectivity index (χ4n) is 15.0. The molecule has 0 amide bonds. The van der Waals surface area contributed by atoms with E-state index in [0.29, 0.717) is 32.1 Å². The second-order valence-corrected chi connectivity index (χ2v) is 23.5. The number of allylic oxidation sites excluding steroid dienone is 2. The highest BCUT2D eigenvalue weighted by Gasteiger charge is 2.70. The van der Waals surface area contributed by atoms with E-state index in [9.17, 15) is 56.2 Å². The molecule has 18 heteroatoms. The summed E-state index contributed by atoms with van der Waals surface area (Å²) in [6.07, 6.45) is -14.1. The van der Waals surface area contributed by atoms with Gasteiger partial charge in [-0.3, -0.25) is 4.79 Å². The molecule has 14 unspecified atom stereocenters. The molecule has 8 aliphatic rings. The summed E-state index contributed by atoms with van der Waals surface area (Å²) in [7, 11) is 0. The molecule has 0 aromatic carbocycles. The van der Waals surface area contributed by atoms with E-state index in [2.05, 4.69) is 54.5 Å². The fraction of sp³-hybridized carbons (Fsp3) is 0.938. The molecular formula is C48H78O18. The normalized spacial score (nSPS) is 53.3. The van der Waals surface area contributed by atoms with Crippen molar-refractivity contribution < 1.29 is 89.4 Å². The molecular weight excluding hydrogens is 865 g/mol. The lowest BCUT2D eigenvalue weighted by atomic mass is 9.33. The van der Waals surface area contributed by atoms with Crippen LogP contribution in [0.3, 0.4) is 0 Å². The second-order valence-electron chi connectivity index (χ2n) is 23.5. The highest BCUT2D eigenvalue weighted by atomic mass is 16.8. The van der Waals surface area contributed by atoms with Crippen LogP contribution in [-0.4, -0.2) is 180 Å². The van der Waals surface area contributed by atoms with Crippen LogP contribution in [-0.2, 0) is 33.2 Å². The average Bonchev–Trinajstić information content (AvgIpc) is 3.26. The van der Waals surface area contributed by atoms with Crippen molar-refractivity contribution in [3.05, 3.63) is 11.6 Å². The van der Waals surface area contributed by atoms with Crippen LogP contribution in [0.1, 0.15) is 113 Å². The number of ether oxygens (including phenoxy) is 6. The van der Waals surface area contributed by atoms with Crippen molar-refractivity contribution in [2.75, 3.05) is 19.8 Å². The Bertz CT molecular complexity index is 1790. The van der Waals surface area contributed by atoms with E-state index in [1.54, 1.807) is 0 Å². The van der Waals surface area contributed by atoms with Gasteiger partial charge in [-0.05, 0) is 109 Å². The van der Waals surface area contributed by atoms with Gasteiger partial charge >= 0.3 is 5.97 Å². The number of carbonyl (C=O) groups is 1. The summed E-state index contributed by atoms with van der Waals surface area (Å²) in [5.74, 6) is -0.282. The first-order valence-electron chi connectivity index (χ1n) is 24.3. The molecule has 0 aromatic rings. The van der Waals surface area contributed by atoms with Crippen LogP contribution in [0.15, 0.2) is 11.6 Å². The molecule has 66 heavy (non-hydrogen) atoms. The Kier molecular flexibility index (Phi) is 13.9. The quantitative estimate of drug-likeness (QED) is 0.0833. The fourth-order valence-corrected chi connectivity index (χ4v) is 15.0. The Morgan fingerprint density at radius 3 is 1.71 bits per heavy atom. The minimum atomic E-state index is -1.86. The molecule has 3 aliphatic heterocycles. The van der Waals surface area contributed by atoms with E-state index in [1.807, 2.05) is 0 Å². The molecule has 0 spiro atoms. The van der Waals surface area contributed by atoms with Gasteiger partial charge in [0.05, 0.1) is 31.3 Å². The van der Waals surface area contributed by atoms with Crippen LogP contribution in [0.2, 0.25) is 0 Å². The van der Waals surface area contributed by atoms with Gasteiger partial charge < -0.3 is 84.6 Å². The number of carbonyl (C=O) groups excluding carboxylic acids is 1. The van der Waals surface area contributed by atoms with Gasteiger partial charge in [0, 0.05) is 0 Å². The van der Waals surface area contributed by atoms with E-state index < -0.39 is 123 Å². The maximum Gasteiger partial charge on any atom is 0.315 e. The number of aliphatic hydroxyl groups excluding tert-OH is 11. The molecule has 11 N–H and O–H groups in total. The molecule has 5 aliphatic carbocycles. The first-order valence-corrected chi connectivity index (χ1v) is 24.3. The topological polar surface area (TPSA) is 295 Å². The van der Waals surface area contributed by atoms with E-state index in [-0.39, 0.29) is 50.9 Å². The first-order chi connectivity index (χ1) is 30.9. The van der Waals surface area contributed by atoms with Crippen molar-refractivity contribution in [2.24, 2.45) is 50.2 Å². The van der Waals surface area contributed by atoms with Crippen molar-refractivity contribution >= 4 is 5.97 Å². The van der Waals surface area contributed by atoms with Gasteiger partial charge in [0.2, 0.25) is 6.29 Å². The summed E-state index contributed by atoms with van der Waals surface area (Å²) in [5.41, 5.74) is -0.804. The van der Waals surface area contributed by atoms with Crippen LogP contribution < -0.4 is 0 Å². The molecule has 3 saturated heterocycles. The number of aliphatic hydroxyl groups is 11. The summed E-state index contributed by atoms with van der Waals surface area (Å²) in [6, 6.07) is 0. The first kappa shape index (κ1) is 50.9. The molecule has 3 heterocycles. The van der Waals surface area contributed by atoms with E-state index in [1.165, 1.54) is 5.57 Å². The lowest BCUT2D eigenvalue weighted by molar-refractivity contribution is -0.363. The van der Waals surface area contributed by atoms with Gasteiger partial charge in [-0.25, -0.2) is 0 Å². The van der Waals surface area contributed by atoms with Crippen molar-refractivity contribution in [3.8, 4) is 0 Å². The maximum atomic E-state index is 15.2. The Balaban J connectivity index is 1.06. The third-order valence-corrected chi connectivity index (χ3v) is 19.3. The van der Waals surface area contributed by atoms with Gasteiger partial charge in [0.25, 0.3) is 0 Å². The van der Waals surface area contributed by atoms with Crippen molar-refractivity contribution in [2.45, 2.75) is 211 Å². The number of rotatable bonds is 9. The molecule has 23 atom stereocenters. The monoisotopic (exact) mass is 943 g/mol. The van der Waals surface area contributed by atoms with Gasteiger partial charge in [-0.2, -0.15) is 0 Å². The number of hydrogen-bond acceptors (Lipinski definition) is 18. The SMILES string of the molecule is CC1(C)CCC2(C(=O)O[C@@H]3OC(CO)[C@@H](O)C(O)[C@@H]3O[C@@H]3OC(CO)[C@H](O)C(O)[C@@H]3O)CCC3(C)C(=CCC4C5(C)CCC(O[C@@H]6OC(CO)[C@@H](O)C(O)[C@@H]6O)C(C)(C)C5CCC43C)C2C1. The minimum Gasteiger partial charge on any atom is -0.432 e. The average molecular weight is 943 g/mol. The summed E-state index contributed by atoms with van der Waals surface area (Å²) in [5, 5.41) is 115. The number of esters is 1. The summed E-state index contributed by atoms with van der Waals surface area (Å²) in [4.78, 5) is 15.2. The highest BCUT2D eigenvalue weighted by Crippen LogP contribution is 2.76. The van der Waals surface area contributed by atoms with Gasteiger partial charge in [-0.15, -0.1) is 0 Å². The molecule has 4 saturated carbocycles. The lowest BCUT2D eigenvalue weighted by Crippen LogP contribution is -2.66. The zero-order valence-corrected chi connectivity index (χ0v) is 39.5. The zero-order chi connectivity index (χ0) is 48.3. The maximum absolute atomic E-state index is 15.2. The Hall–Kier alpha value is -1.43. The smallest absolute Gasteiger partial charge is 0.315 e. The van der Waals surface area contributed by atoms with E-state index in [4.69, 9.17) is 28.4 Å². The largest absolute Gasteiger partial charge is 0.432 e. The number of hydrogen-bond donors (Lipinski definition) is 11. The Morgan fingerprint density at radius 2 is 1.14 bits per heavy atom. The molecule has 0 bridgehead atoms. The molecule has 0 radical (unpaired) electrons. The zero-order valence-electron chi connectivity index (χ0n) is 39.5. The van der Waals surface area contributed by atoms with Crippen LogP contribution in [0, 0.1) is 50.2 Å². The van der Waals surface area contributed by atoms with Crippen LogP contribution >= 0.6 is 0 Å². The Labute approximate surface area is 387 Å². The molecule has 7 fully saturated rings. The summed E-state index contributed by atoms with van der Waals surface area (Å²) in [6.45, 7) is 14.1. The highest BCUT2D eigenvalue weighted by molar-refractivity contribution is 5.79. The predicted molar refractivity (Wildman–Crippen MR) is 230 cm³/mol. The van der Waals surface area contributed by atoms with Crippen molar-refractivity contribution in [1.29, 1.82) is 0 Å². The minimum absolute atomic E-state index is 0.112. The third kappa shape index (κ3) is 7.87. The third-order valence-electron chi connectivity index (χ3n) is 19.3. The Morgan fingerprint density at radius 1 is 0.606 bits per heavy atom. The molecule has 378 valence electrons. The second kappa shape index (κ2) is 18.0. The van der Waals surface area contributed by atoms with Crippen molar-refractivity contribution in [1.82, 2.24) is 0 Å². The van der Waals surface area contributed by atoms with Crippen LogP contribution in [0.25, 0.3) is 0 Å². The summed E-state index contributed by atoms with van der Waals surface area (Å²) >= 11 is 0.